The van der Waals surface area contributed by atoms with E-state index in [4.69, 9.17) is 0 Å². The van der Waals surface area contributed by atoms with Crippen LogP contribution in [0.15, 0.2) is 35.3 Å². The van der Waals surface area contributed by atoms with E-state index in [1.165, 1.54) is 19.3 Å². The largest absolute Gasteiger partial charge is 0.308 e. The van der Waals surface area contributed by atoms with Crippen molar-refractivity contribution in [2.24, 2.45) is 0 Å². The summed E-state index contributed by atoms with van der Waals surface area (Å²) in [6.45, 7) is 0.673. The Morgan fingerprint density at radius 2 is 2.35 bits per heavy atom. The third kappa shape index (κ3) is 2.88. The smallest absolute Gasteiger partial charge is 0.258 e. The van der Waals surface area contributed by atoms with Crippen LogP contribution in [-0.2, 0) is 6.54 Å². The van der Waals surface area contributed by atoms with Crippen LogP contribution < -0.4 is 10.9 Å². The van der Waals surface area contributed by atoms with E-state index in [0.29, 0.717) is 18.2 Å². The Labute approximate surface area is 122 Å². The predicted octanol–water partition coefficient (Wildman–Crippen LogP) is 2.07. The number of pyridine rings is 1. The van der Waals surface area contributed by atoms with Crippen LogP contribution in [0.3, 0.4) is 0 Å². The molecule has 0 spiro atoms. The Bertz CT molecular complexity index is 655. The van der Waals surface area contributed by atoms with Gasteiger partial charge in [-0.25, -0.2) is 4.98 Å². The Kier molecular flexibility index (Phi) is 4.08. The predicted molar refractivity (Wildman–Crippen MR) is 83.2 cm³/mol. The van der Waals surface area contributed by atoms with Gasteiger partial charge in [-0.05, 0) is 37.7 Å². The minimum atomic E-state index is -0.0131. The van der Waals surface area contributed by atoms with Gasteiger partial charge in [-0.15, -0.1) is 0 Å². The molecule has 0 radical (unpaired) electrons. The van der Waals surface area contributed by atoms with Crippen molar-refractivity contribution in [3.05, 3.63) is 46.5 Å². The number of nitrogens with zero attached hydrogens (tertiary/aromatic N) is 2. The number of hydrogen-bond acceptors (Lipinski definition) is 4. The fourth-order valence-electron chi connectivity index (χ4n) is 2.78. The third-order valence-electron chi connectivity index (χ3n) is 3.91. The first-order valence-corrected chi connectivity index (χ1v) is 8.28. The molecule has 1 fully saturated rings. The Morgan fingerprint density at radius 1 is 1.45 bits per heavy atom. The van der Waals surface area contributed by atoms with Crippen molar-refractivity contribution in [1.82, 2.24) is 14.7 Å². The molecule has 1 N–H and O–H groups in total. The van der Waals surface area contributed by atoms with Crippen molar-refractivity contribution < 1.29 is 0 Å². The monoisotopic (exact) mass is 289 g/mol. The van der Waals surface area contributed by atoms with Gasteiger partial charge in [-0.3, -0.25) is 9.20 Å². The van der Waals surface area contributed by atoms with Gasteiger partial charge in [0, 0.05) is 30.1 Å². The van der Waals surface area contributed by atoms with Gasteiger partial charge in [0.2, 0.25) is 0 Å². The van der Waals surface area contributed by atoms with Gasteiger partial charge in [-0.2, -0.15) is 11.8 Å². The van der Waals surface area contributed by atoms with Crippen molar-refractivity contribution in [2.45, 2.75) is 37.1 Å². The van der Waals surface area contributed by atoms with Crippen molar-refractivity contribution in [2.75, 3.05) is 6.26 Å². The Morgan fingerprint density at radius 3 is 3.15 bits per heavy atom. The summed E-state index contributed by atoms with van der Waals surface area (Å²) in [6.07, 6.45) is 7.65. The van der Waals surface area contributed by atoms with Crippen LogP contribution >= 0.6 is 11.8 Å². The van der Waals surface area contributed by atoms with Crippen LogP contribution in [0.1, 0.15) is 25.0 Å². The fraction of sp³-hybridized carbons (Fsp3) is 0.467. The number of aromatic nitrogens is 2. The average Bonchev–Trinajstić information content (AvgIpc) is 2.93. The second kappa shape index (κ2) is 5.97. The van der Waals surface area contributed by atoms with Gasteiger partial charge < -0.3 is 5.32 Å². The molecule has 0 aliphatic heterocycles. The molecular weight excluding hydrogens is 270 g/mol. The Balaban J connectivity index is 1.70. The molecule has 1 saturated carbocycles. The molecule has 0 saturated heterocycles. The lowest BCUT2D eigenvalue weighted by molar-refractivity contribution is 0.520. The normalized spacial score (nSPS) is 22.4. The summed E-state index contributed by atoms with van der Waals surface area (Å²) >= 11 is 1.95. The van der Waals surface area contributed by atoms with Crippen LogP contribution in [0, 0.1) is 0 Å². The second-order valence-electron chi connectivity index (χ2n) is 5.26. The van der Waals surface area contributed by atoms with Crippen LogP contribution in [0.4, 0.5) is 0 Å². The number of fused-ring (bicyclic) bond motifs is 1. The minimum Gasteiger partial charge on any atom is -0.308 e. The maximum atomic E-state index is 12.0. The third-order valence-corrected chi connectivity index (χ3v) is 5.01. The van der Waals surface area contributed by atoms with E-state index in [0.717, 1.165) is 10.9 Å². The molecule has 1 aliphatic carbocycles. The molecule has 0 aromatic carbocycles. The van der Waals surface area contributed by atoms with Gasteiger partial charge in [0.25, 0.3) is 5.56 Å². The molecule has 5 heteroatoms. The number of rotatable bonds is 4. The number of thioether (sulfide) groups is 1. The van der Waals surface area contributed by atoms with E-state index in [9.17, 15) is 4.79 Å². The highest BCUT2D eigenvalue weighted by Crippen LogP contribution is 2.28. The summed E-state index contributed by atoms with van der Waals surface area (Å²) in [4.78, 5) is 16.5. The van der Waals surface area contributed by atoms with Gasteiger partial charge in [0.05, 0.1) is 5.69 Å². The minimum absolute atomic E-state index is 0.0131. The summed E-state index contributed by atoms with van der Waals surface area (Å²) in [5.74, 6) is 0. The van der Waals surface area contributed by atoms with E-state index in [-0.39, 0.29) is 5.56 Å². The van der Waals surface area contributed by atoms with E-state index in [1.807, 2.05) is 30.0 Å². The lowest BCUT2D eigenvalue weighted by atomic mass is 10.2. The summed E-state index contributed by atoms with van der Waals surface area (Å²) in [5.41, 5.74) is 1.53. The van der Waals surface area contributed by atoms with Crippen molar-refractivity contribution in [3.63, 3.8) is 0 Å². The van der Waals surface area contributed by atoms with Crippen LogP contribution in [-0.4, -0.2) is 26.9 Å². The fourth-order valence-corrected chi connectivity index (χ4v) is 3.58. The molecule has 0 bridgehead atoms. The first-order chi connectivity index (χ1) is 9.76. The number of hydrogen-bond donors (Lipinski definition) is 1. The van der Waals surface area contributed by atoms with Gasteiger partial charge in [0.1, 0.15) is 5.65 Å². The van der Waals surface area contributed by atoms with E-state index >= 15 is 0 Å². The summed E-state index contributed by atoms with van der Waals surface area (Å²) in [7, 11) is 0. The van der Waals surface area contributed by atoms with Crippen molar-refractivity contribution in [3.8, 4) is 0 Å². The molecule has 3 rings (SSSR count). The van der Waals surface area contributed by atoms with Crippen LogP contribution in [0.25, 0.3) is 5.65 Å². The highest BCUT2D eigenvalue weighted by Gasteiger charge is 2.23. The topological polar surface area (TPSA) is 46.4 Å². The summed E-state index contributed by atoms with van der Waals surface area (Å²) in [5, 5.41) is 4.31. The number of nitrogens with one attached hydrogen (secondary N) is 1. The van der Waals surface area contributed by atoms with Crippen LogP contribution in [0.2, 0.25) is 0 Å². The highest BCUT2D eigenvalue weighted by atomic mass is 32.2. The molecule has 4 nitrogen and oxygen atoms in total. The van der Waals surface area contributed by atoms with Crippen molar-refractivity contribution >= 4 is 17.4 Å². The molecule has 106 valence electrons. The molecule has 2 atom stereocenters. The zero-order valence-electron chi connectivity index (χ0n) is 11.6. The lowest BCUT2D eigenvalue weighted by Gasteiger charge is -2.12. The standard InChI is InChI=1S/C15H19N3OS/c1-20-13-6-5-11(8-13)16-10-12-9-15(19)18-7-3-2-4-14(18)17-12/h2-4,7,9,11,13,16H,5-6,8,10H2,1H3. The highest BCUT2D eigenvalue weighted by molar-refractivity contribution is 7.99. The molecule has 2 aromatic heterocycles. The van der Waals surface area contributed by atoms with Crippen LogP contribution in [0.5, 0.6) is 0 Å². The maximum Gasteiger partial charge on any atom is 0.258 e. The SMILES string of the molecule is CSC1CCC(NCc2cc(=O)n3ccccc3n2)C1. The van der Waals surface area contributed by atoms with E-state index < -0.39 is 0 Å². The first-order valence-electron chi connectivity index (χ1n) is 7.00. The summed E-state index contributed by atoms with van der Waals surface area (Å²) in [6, 6.07) is 7.79. The molecule has 2 aromatic rings. The quantitative estimate of drug-likeness (QED) is 0.936. The molecule has 1 aliphatic rings. The Hall–Kier alpha value is -1.33. The molecule has 20 heavy (non-hydrogen) atoms. The molecule has 0 amide bonds. The molecular formula is C15H19N3OS. The van der Waals surface area contributed by atoms with Gasteiger partial charge >= 0.3 is 0 Å². The van der Waals surface area contributed by atoms with E-state index in [2.05, 4.69) is 16.6 Å². The van der Waals surface area contributed by atoms with Crippen molar-refractivity contribution in [1.29, 1.82) is 0 Å². The summed E-state index contributed by atoms with van der Waals surface area (Å²) < 4.78 is 1.57. The second-order valence-corrected chi connectivity index (χ2v) is 6.40. The van der Waals surface area contributed by atoms with E-state index in [1.54, 1.807) is 16.7 Å². The first kappa shape index (κ1) is 13.6. The maximum absolute atomic E-state index is 12.0. The zero-order valence-corrected chi connectivity index (χ0v) is 12.4. The van der Waals surface area contributed by atoms with Gasteiger partial charge in [-0.1, -0.05) is 6.07 Å². The molecule has 2 unspecified atom stereocenters. The average molecular weight is 289 g/mol. The van der Waals surface area contributed by atoms with Gasteiger partial charge in [0.15, 0.2) is 0 Å². The molecule has 2 heterocycles. The lowest BCUT2D eigenvalue weighted by Crippen LogP contribution is -2.27. The zero-order chi connectivity index (χ0) is 13.9.